The van der Waals surface area contributed by atoms with E-state index in [-0.39, 0.29) is 5.75 Å². The van der Waals surface area contributed by atoms with E-state index in [2.05, 4.69) is 35.9 Å². The Morgan fingerprint density at radius 3 is 1.93 bits per heavy atom. The monoisotopic (exact) mass is 390 g/mol. The number of alkyl halides is 3. The van der Waals surface area contributed by atoms with Crippen molar-refractivity contribution >= 4 is 0 Å². The molecule has 0 saturated heterocycles. The number of hydrogen-bond donors (Lipinski definition) is 0. The van der Waals surface area contributed by atoms with Crippen molar-refractivity contribution < 1.29 is 17.9 Å². The van der Waals surface area contributed by atoms with Crippen LogP contribution in [-0.4, -0.2) is 6.36 Å². The molecular weight excluding hydrogens is 361 g/mol. The molecule has 0 amide bonds. The molecule has 1 fully saturated rings. The van der Waals surface area contributed by atoms with Gasteiger partial charge in [0.1, 0.15) is 5.75 Å². The minimum absolute atomic E-state index is 0.191. The van der Waals surface area contributed by atoms with Crippen LogP contribution >= 0.6 is 0 Å². The minimum Gasteiger partial charge on any atom is -0.406 e. The molecule has 0 atom stereocenters. The van der Waals surface area contributed by atoms with Crippen molar-refractivity contribution in [2.75, 3.05) is 0 Å². The van der Waals surface area contributed by atoms with Crippen molar-refractivity contribution in [1.29, 1.82) is 0 Å². The maximum absolute atomic E-state index is 12.3. The van der Waals surface area contributed by atoms with Gasteiger partial charge in [-0.25, -0.2) is 0 Å². The van der Waals surface area contributed by atoms with E-state index in [1.54, 1.807) is 12.1 Å². The maximum Gasteiger partial charge on any atom is 0.573 e. The zero-order valence-corrected chi connectivity index (χ0v) is 16.5. The Balaban J connectivity index is 1.55. The Morgan fingerprint density at radius 1 is 0.821 bits per heavy atom. The normalized spacial score (nSPS) is 20.1. The van der Waals surface area contributed by atoms with E-state index < -0.39 is 6.36 Å². The standard InChI is InChI=1S/C24H29F3O/c1-2-3-4-5-18-6-8-19(9-7-18)20-10-12-21(13-11-20)22-14-16-23(17-15-22)28-24(25,26)27/h10-19H,2-9H2,1H3. The lowest BCUT2D eigenvalue weighted by molar-refractivity contribution is -0.274. The molecule has 28 heavy (non-hydrogen) atoms. The van der Waals surface area contributed by atoms with E-state index in [1.807, 2.05) is 0 Å². The first kappa shape index (κ1) is 20.8. The molecular formula is C24H29F3O. The average Bonchev–Trinajstić information content (AvgIpc) is 2.68. The number of unbranched alkanes of at least 4 members (excludes halogenated alkanes) is 2. The SMILES string of the molecule is CCCCCC1CCC(c2ccc(-c3ccc(OC(F)(F)F)cc3)cc2)CC1. The van der Waals surface area contributed by atoms with E-state index in [0.29, 0.717) is 5.92 Å². The average molecular weight is 390 g/mol. The molecule has 0 heterocycles. The van der Waals surface area contributed by atoms with Gasteiger partial charge in [0.15, 0.2) is 0 Å². The summed E-state index contributed by atoms with van der Waals surface area (Å²) in [6.45, 7) is 2.26. The van der Waals surface area contributed by atoms with Crippen molar-refractivity contribution in [3.05, 3.63) is 54.1 Å². The topological polar surface area (TPSA) is 9.23 Å². The van der Waals surface area contributed by atoms with Crippen LogP contribution in [0.15, 0.2) is 48.5 Å². The van der Waals surface area contributed by atoms with E-state index in [1.165, 1.54) is 69.1 Å². The summed E-state index contributed by atoms with van der Waals surface area (Å²) in [5.74, 6) is 1.35. The van der Waals surface area contributed by atoms with Crippen LogP contribution < -0.4 is 4.74 Å². The van der Waals surface area contributed by atoms with Gasteiger partial charge in [-0.2, -0.15) is 0 Å². The molecule has 1 aliphatic rings. The number of halogens is 3. The second-order valence-electron chi connectivity index (χ2n) is 7.91. The van der Waals surface area contributed by atoms with Crippen molar-refractivity contribution in [2.45, 2.75) is 70.6 Å². The van der Waals surface area contributed by atoms with Crippen LogP contribution in [0.5, 0.6) is 5.75 Å². The number of ether oxygens (including phenoxy) is 1. The Bertz CT molecular complexity index is 711. The highest BCUT2D eigenvalue weighted by Crippen LogP contribution is 2.38. The van der Waals surface area contributed by atoms with Crippen molar-refractivity contribution in [2.24, 2.45) is 5.92 Å². The predicted molar refractivity (Wildman–Crippen MR) is 107 cm³/mol. The summed E-state index contributed by atoms with van der Waals surface area (Å²) in [5, 5.41) is 0. The van der Waals surface area contributed by atoms with E-state index in [4.69, 9.17) is 0 Å². The molecule has 0 unspecified atom stereocenters. The third-order valence-corrected chi connectivity index (χ3v) is 5.87. The Morgan fingerprint density at radius 2 is 1.39 bits per heavy atom. The van der Waals surface area contributed by atoms with E-state index in [9.17, 15) is 13.2 Å². The van der Waals surface area contributed by atoms with Gasteiger partial charge in [0.25, 0.3) is 0 Å². The number of rotatable bonds is 7. The lowest BCUT2D eigenvalue weighted by atomic mass is 9.77. The number of hydrogen-bond acceptors (Lipinski definition) is 1. The molecule has 3 rings (SSSR count). The van der Waals surface area contributed by atoms with Crippen molar-refractivity contribution in [3.63, 3.8) is 0 Å². The smallest absolute Gasteiger partial charge is 0.406 e. The zero-order chi connectivity index (χ0) is 20.0. The van der Waals surface area contributed by atoms with Gasteiger partial charge in [0.2, 0.25) is 0 Å². The minimum atomic E-state index is -4.65. The van der Waals surface area contributed by atoms with E-state index >= 15 is 0 Å². The summed E-state index contributed by atoms with van der Waals surface area (Å²) in [4.78, 5) is 0. The van der Waals surface area contributed by atoms with Gasteiger partial charge in [-0.3, -0.25) is 0 Å². The lowest BCUT2D eigenvalue weighted by Gasteiger charge is -2.29. The zero-order valence-electron chi connectivity index (χ0n) is 16.5. The van der Waals surface area contributed by atoms with Crippen LogP contribution in [0, 0.1) is 5.92 Å². The van der Waals surface area contributed by atoms with Crippen LogP contribution in [0.25, 0.3) is 11.1 Å². The second kappa shape index (κ2) is 9.49. The summed E-state index contributed by atoms with van der Waals surface area (Å²) in [6.07, 6.45) is 5.93. The van der Waals surface area contributed by atoms with Crippen LogP contribution in [0.2, 0.25) is 0 Å². The first-order valence-electron chi connectivity index (χ1n) is 10.4. The molecule has 0 aliphatic heterocycles. The van der Waals surface area contributed by atoms with Crippen LogP contribution in [0.1, 0.15) is 69.8 Å². The molecule has 0 aromatic heterocycles. The van der Waals surface area contributed by atoms with Crippen LogP contribution in [-0.2, 0) is 0 Å². The van der Waals surface area contributed by atoms with Gasteiger partial charge in [0.05, 0.1) is 0 Å². The first-order chi connectivity index (χ1) is 13.4. The summed E-state index contributed by atoms with van der Waals surface area (Å²) in [7, 11) is 0. The van der Waals surface area contributed by atoms with Crippen molar-refractivity contribution in [3.8, 4) is 16.9 Å². The highest BCUT2D eigenvalue weighted by atomic mass is 19.4. The summed E-state index contributed by atoms with van der Waals surface area (Å²) < 4.78 is 40.7. The predicted octanol–water partition coefficient (Wildman–Crippen LogP) is 8.11. The fraction of sp³-hybridized carbons (Fsp3) is 0.500. The fourth-order valence-corrected chi connectivity index (χ4v) is 4.26. The molecule has 2 aromatic carbocycles. The van der Waals surface area contributed by atoms with Crippen LogP contribution in [0.4, 0.5) is 13.2 Å². The molecule has 0 N–H and O–H groups in total. The highest BCUT2D eigenvalue weighted by molar-refractivity contribution is 5.64. The number of benzene rings is 2. The van der Waals surface area contributed by atoms with Gasteiger partial charge in [-0.15, -0.1) is 13.2 Å². The third kappa shape index (κ3) is 6.02. The van der Waals surface area contributed by atoms with Gasteiger partial charge in [-0.1, -0.05) is 69.0 Å². The fourth-order valence-electron chi connectivity index (χ4n) is 4.26. The van der Waals surface area contributed by atoms with Gasteiger partial charge in [0, 0.05) is 0 Å². The summed E-state index contributed by atoms with van der Waals surface area (Å²) in [6, 6.07) is 14.5. The quantitative estimate of drug-likeness (QED) is 0.434. The molecule has 152 valence electrons. The van der Waals surface area contributed by atoms with Crippen LogP contribution in [0.3, 0.4) is 0 Å². The largest absolute Gasteiger partial charge is 0.573 e. The molecule has 1 aliphatic carbocycles. The second-order valence-corrected chi connectivity index (χ2v) is 7.91. The maximum atomic E-state index is 12.3. The Hall–Kier alpha value is -1.97. The molecule has 1 saturated carbocycles. The highest BCUT2D eigenvalue weighted by Gasteiger charge is 2.31. The van der Waals surface area contributed by atoms with Gasteiger partial charge < -0.3 is 4.74 Å². The molecule has 0 radical (unpaired) electrons. The summed E-state index contributed by atoms with van der Waals surface area (Å²) >= 11 is 0. The lowest BCUT2D eigenvalue weighted by Crippen LogP contribution is -2.16. The molecule has 4 heteroatoms. The molecule has 0 bridgehead atoms. The van der Waals surface area contributed by atoms with Gasteiger partial charge >= 0.3 is 6.36 Å². The van der Waals surface area contributed by atoms with Crippen molar-refractivity contribution in [1.82, 2.24) is 0 Å². The molecule has 2 aromatic rings. The van der Waals surface area contributed by atoms with Gasteiger partial charge in [-0.05, 0) is 66.3 Å². The Labute approximate surface area is 165 Å². The third-order valence-electron chi connectivity index (χ3n) is 5.87. The molecule has 1 nitrogen and oxygen atoms in total. The summed E-state index contributed by atoms with van der Waals surface area (Å²) in [5.41, 5.74) is 3.28. The molecule has 0 spiro atoms. The first-order valence-corrected chi connectivity index (χ1v) is 10.4. The Kier molecular flexibility index (Phi) is 7.03. The van der Waals surface area contributed by atoms with E-state index in [0.717, 1.165) is 17.0 Å².